The Bertz CT molecular complexity index is 594. The molecule has 118 valence electrons. The van der Waals surface area contributed by atoms with E-state index in [1.165, 1.54) is 6.07 Å². The van der Waals surface area contributed by atoms with Crippen LogP contribution in [-0.4, -0.2) is 43.0 Å². The summed E-state index contributed by atoms with van der Waals surface area (Å²) in [4.78, 5) is 24.8. The third-order valence-corrected chi connectivity index (χ3v) is 3.94. The Morgan fingerprint density at radius 1 is 1.55 bits per heavy atom. The number of ether oxygens (including phenoxy) is 1. The van der Waals surface area contributed by atoms with Crippen molar-refractivity contribution in [3.8, 4) is 0 Å². The van der Waals surface area contributed by atoms with E-state index in [1.54, 1.807) is 17.0 Å². The molecule has 0 bridgehead atoms. The number of carbonyl (C=O) groups is 2. The van der Waals surface area contributed by atoms with Gasteiger partial charge in [-0.1, -0.05) is 12.6 Å². The van der Waals surface area contributed by atoms with Crippen LogP contribution in [0.25, 0.3) is 0 Å². The van der Waals surface area contributed by atoms with Crippen LogP contribution in [0.2, 0.25) is 0 Å². The summed E-state index contributed by atoms with van der Waals surface area (Å²) in [6.45, 7) is 4.46. The summed E-state index contributed by atoms with van der Waals surface area (Å²) < 4.78 is 19.3. The van der Waals surface area contributed by atoms with E-state index in [1.807, 2.05) is 0 Å². The summed E-state index contributed by atoms with van der Waals surface area (Å²) in [6.07, 6.45) is 0.801. The third-order valence-electron chi connectivity index (χ3n) is 3.33. The molecule has 1 aromatic carbocycles. The van der Waals surface area contributed by atoms with Crippen LogP contribution in [0.1, 0.15) is 11.7 Å². The van der Waals surface area contributed by atoms with Crippen LogP contribution in [0.15, 0.2) is 35.3 Å². The van der Waals surface area contributed by atoms with Gasteiger partial charge in [-0.2, -0.15) is 0 Å². The van der Waals surface area contributed by atoms with Gasteiger partial charge in [-0.25, -0.2) is 4.39 Å². The molecule has 2 amide bonds. The fraction of sp³-hybridized carbons (Fsp3) is 0.333. The SMILES string of the molecule is C=CC(=O)NCC(=O)N1CCOC(c2ccc(F)c(Br)c2)C1. The smallest absolute Gasteiger partial charge is 0.243 e. The molecule has 1 aliphatic rings. The van der Waals surface area contributed by atoms with Gasteiger partial charge in [0, 0.05) is 6.54 Å². The van der Waals surface area contributed by atoms with Crippen LogP contribution in [0, 0.1) is 5.82 Å². The van der Waals surface area contributed by atoms with Crippen LogP contribution >= 0.6 is 15.9 Å². The maximum absolute atomic E-state index is 13.3. The highest BCUT2D eigenvalue weighted by molar-refractivity contribution is 9.10. The van der Waals surface area contributed by atoms with Gasteiger partial charge in [0.2, 0.25) is 11.8 Å². The Hall–Kier alpha value is -1.73. The second-order valence-corrected chi connectivity index (χ2v) is 5.65. The molecular formula is C15H16BrFN2O3. The van der Waals surface area contributed by atoms with Gasteiger partial charge in [0.1, 0.15) is 11.9 Å². The Morgan fingerprint density at radius 3 is 3.00 bits per heavy atom. The monoisotopic (exact) mass is 370 g/mol. The highest BCUT2D eigenvalue weighted by Crippen LogP contribution is 2.26. The van der Waals surface area contributed by atoms with E-state index >= 15 is 0 Å². The molecule has 0 aliphatic carbocycles. The molecule has 1 fully saturated rings. The van der Waals surface area contributed by atoms with E-state index in [0.29, 0.717) is 24.2 Å². The normalized spacial score (nSPS) is 17.9. The van der Waals surface area contributed by atoms with Crippen molar-refractivity contribution in [1.29, 1.82) is 0 Å². The minimum atomic E-state index is -0.388. The number of nitrogens with zero attached hydrogens (tertiary/aromatic N) is 1. The molecule has 1 aliphatic heterocycles. The standard InChI is InChI=1S/C15H16BrFN2O3/c1-2-14(20)18-8-15(21)19-5-6-22-13(9-19)10-3-4-12(17)11(16)7-10/h2-4,7,13H,1,5-6,8-9H2,(H,18,20). The molecule has 1 aromatic rings. The molecule has 1 atom stereocenters. The molecular weight excluding hydrogens is 355 g/mol. The van der Waals surface area contributed by atoms with Gasteiger partial charge >= 0.3 is 0 Å². The number of hydrogen-bond donors (Lipinski definition) is 1. The topological polar surface area (TPSA) is 58.6 Å². The average molecular weight is 371 g/mol. The first kappa shape index (κ1) is 16.6. The van der Waals surface area contributed by atoms with Gasteiger partial charge in [-0.05, 0) is 39.7 Å². The number of carbonyl (C=O) groups excluding carboxylic acids is 2. The molecule has 5 nitrogen and oxygen atoms in total. The lowest BCUT2D eigenvalue weighted by molar-refractivity contribution is -0.139. The van der Waals surface area contributed by atoms with E-state index in [-0.39, 0.29) is 30.3 Å². The van der Waals surface area contributed by atoms with Crippen molar-refractivity contribution in [2.75, 3.05) is 26.2 Å². The molecule has 22 heavy (non-hydrogen) atoms. The maximum atomic E-state index is 13.3. The second kappa shape index (κ2) is 7.51. The van der Waals surface area contributed by atoms with Gasteiger partial charge in [-0.15, -0.1) is 0 Å². The van der Waals surface area contributed by atoms with Crippen molar-refractivity contribution in [3.05, 3.63) is 46.7 Å². The molecule has 7 heteroatoms. The van der Waals surface area contributed by atoms with E-state index in [2.05, 4.69) is 27.8 Å². The first-order valence-electron chi connectivity index (χ1n) is 6.76. The minimum absolute atomic E-state index is 0.0787. The summed E-state index contributed by atoms with van der Waals surface area (Å²) in [5, 5.41) is 2.45. The van der Waals surface area contributed by atoms with E-state index in [0.717, 1.165) is 11.6 Å². The highest BCUT2D eigenvalue weighted by Gasteiger charge is 2.25. The zero-order valence-corrected chi connectivity index (χ0v) is 13.4. The summed E-state index contributed by atoms with van der Waals surface area (Å²) in [7, 11) is 0. The van der Waals surface area contributed by atoms with Gasteiger partial charge in [-0.3, -0.25) is 9.59 Å². The number of amides is 2. The summed E-state index contributed by atoms with van der Waals surface area (Å²) >= 11 is 3.14. The van der Waals surface area contributed by atoms with Crippen molar-refractivity contribution < 1.29 is 18.7 Å². The lowest BCUT2D eigenvalue weighted by atomic mass is 10.1. The second-order valence-electron chi connectivity index (χ2n) is 4.79. The fourth-order valence-corrected chi connectivity index (χ4v) is 2.53. The van der Waals surface area contributed by atoms with Gasteiger partial charge < -0.3 is 15.0 Å². The number of nitrogens with one attached hydrogen (secondary N) is 1. The molecule has 0 spiro atoms. The first-order valence-corrected chi connectivity index (χ1v) is 7.55. The number of hydrogen-bond acceptors (Lipinski definition) is 3. The van der Waals surface area contributed by atoms with E-state index in [4.69, 9.17) is 4.74 Å². The molecule has 0 saturated carbocycles. The molecule has 0 aromatic heterocycles. The van der Waals surface area contributed by atoms with E-state index < -0.39 is 0 Å². The summed E-state index contributed by atoms with van der Waals surface area (Å²) in [6, 6.07) is 4.64. The lowest BCUT2D eigenvalue weighted by Crippen LogP contribution is -2.46. The molecule has 1 N–H and O–H groups in total. The first-order chi connectivity index (χ1) is 10.5. The Kier molecular flexibility index (Phi) is 5.68. The average Bonchev–Trinajstić information content (AvgIpc) is 2.54. The Morgan fingerprint density at radius 2 is 2.32 bits per heavy atom. The van der Waals surface area contributed by atoms with E-state index in [9.17, 15) is 14.0 Å². The van der Waals surface area contributed by atoms with Crippen molar-refractivity contribution >= 4 is 27.7 Å². The number of benzene rings is 1. The van der Waals surface area contributed by atoms with Crippen LogP contribution in [0.3, 0.4) is 0 Å². The summed E-state index contributed by atoms with van der Waals surface area (Å²) in [5.41, 5.74) is 0.793. The molecule has 1 unspecified atom stereocenters. The quantitative estimate of drug-likeness (QED) is 0.822. The maximum Gasteiger partial charge on any atom is 0.243 e. The fourth-order valence-electron chi connectivity index (χ4n) is 2.14. The van der Waals surface area contributed by atoms with Crippen LogP contribution in [0.5, 0.6) is 0 Å². The Balaban J connectivity index is 1.99. The number of halogens is 2. The van der Waals surface area contributed by atoms with Crippen LogP contribution in [-0.2, 0) is 14.3 Å². The predicted octanol–water partition coefficient (Wildman–Crippen LogP) is 1.79. The molecule has 0 radical (unpaired) electrons. The van der Waals surface area contributed by atoms with Gasteiger partial charge in [0.15, 0.2) is 0 Å². The number of rotatable bonds is 4. The van der Waals surface area contributed by atoms with Gasteiger partial charge in [0.05, 0.1) is 24.2 Å². The van der Waals surface area contributed by atoms with Crippen molar-refractivity contribution in [3.63, 3.8) is 0 Å². The zero-order chi connectivity index (χ0) is 16.1. The van der Waals surface area contributed by atoms with Crippen molar-refractivity contribution in [2.45, 2.75) is 6.10 Å². The third kappa shape index (κ3) is 4.14. The lowest BCUT2D eigenvalue weighted by Gasteiger charge is -2.33. The van der Waals surface area contributed by atoms with Crippen molar-refractivity contribution in [1.82, 2.24) is 10.2 Å². The van der Waals surface area contributed by atoms with Crippen molar-refractivity contribution in [2.24, 2.45) is 0 Å². The highest BCUT2D eigenvalue weighted by atomic mass is 79.9. The zero-order valence-electron chi connectivity index (χ0n) is 11.9. The molecule has 2 rings (SSSR count). The molecule has 1 heterocycles. The predicted molar refractivity (Wildman–Crippen MR) is 82.6 cm³/mol. The van der Waals surface area contributed by atoms with Crippen LogP contribution in [0.4, 0.5) is 4.39 Å². The van der Waals surface area contributed by atoms with Gasteiger partial charge in [0.25, 0.3) is 0 Å². The molecule has 1 saturated heterocycles. The minimum Gasteiger partial charge on any atom is -0.370 e. The summed E-state index contributed by atoms with van der Waals surface area (Å²) in [5.74, 6) is -0.926. The largest absolute Gasteiger partial charge is 0.370 e. The number of morpholine rings is 1. The van der Waals surface area contributed by atoms with Crippen LogP contribution < -0.4 is 5.32 Å². The Labute approximate surface area is 136 Å².